The molecule has 0 amide bonds. The second-order valence-electron chi connectivity index (χ2n) is 7.67. The van der Waals surface area contributed by atoms with Crippen molar-refractivity contribution in [3.05, 3.63) is 0 Å². The van der Waals surface area contributed by atoms with Crippen molar-refractivity contribution >= 4 is 0 Å². The SMILES string of the molecule is CCCCCCCCCCCCCCCCCCCCCCNN. The van der Waals surface area contributed by atoms with E-state index in [2.05, 4.69) is 12.3 Å². The zero-order valence-corrected chi connectivity index (χ0v) is 16.9. The van der Waals surface area contributed by atoms with Crippen molar-refractivity contribution in [3.63, 3.8) is 0 Å². The van der Waals surface area contributed by atoms with Crippen LogP contribution in [0, 0.1) is 0 Å². The summed E-state index contributed by atoms with van der Waals surface area (Å²) in [6, 6.07) is 0. The second kappa shape index (κ2) is 22.9. The maximum atomic E-state index is 5.26. The van der Waals surface area contributed by atoms with Gasteiger partial charge in [-0.15, -0.1) is 0 Å². The van der Waals surface area contributed by atoms with Crippen molar-refractivity contribution in [3.8, 4) is 0 Å². The summed E-state index contributed by atoms with van der Waals surface area (Å²) < 4.78 is 0. The minimum absolute atomic E-state index is 0.971. The van der Waals surface area contributed by atoms with Gasteiger partial charge in [-0.25, -0.2) is 0 Å². The quantitative estimate of drug-likeness (QED) is 0.131. The van der Waals surface area contributed by atoms with E-state index >= 15 is 0 Å². The molecule has 146 valence electrons. The van der Waals surface area contributed by atoms with Crippen LogP contribution < -0.4 is 11.3 Å². The van der Waals surface area contributed by atoms with Gasteiger partial charge in [0, 0.05) is 6.54 Å². The molecule has 0 fully saturated rings. The number of nitrogens with two attached hydrogens (primary N) is 1. The van der Waals surface area contributed by atoms with Crippen LogP contribution in [0.5, 0.6) is 0 Å². The molecule has 0 aromatic rings. The van der Waals surface area contributed by atoms with Crippen molar-refractivity contribution in [1.82, 2.24) is 5.43 Å². The van der Waals surface area contributed by atoms with E-state index in [4.69, 9.17) is 5.84 Å². The Hall–Kier alpha value is -0.0800. The highest BCUT2D eigenvalue weighted by Gasteiger charge is 1.95. The van der Waals surface area contributed by atoms with Crippen LogP contribution in [-0.2, 0) is 0 Å². The van der Waals surface area contributed by atoms with Crippen LogP contribution in [0.25, 0.3) is 0 Å². The molecule has 0 aromatic carbocycles. The Morgan fingerprint density at radius 2 is 0.667 bits per heavy atom. The first-order valence-corrected chi connectivity index (χ1v) is 11.3. The van der Waals surface area contributed by atoms with Crippen LogP contribution in [0.3, 0.4) is 0 Å². The van der Waals surface area contributed by atoms with E-state index in [1.54, 1.807) is 0 Å². The summed E-state index contributed by atoms with van der Waals surface area (Å²) in [7, 11) is 0. The van der Waals surface area contributed by atoms with Gasteiger partial charge in [-0.1, -0.05) is 129 Å². The standard InChI is InChI=1S/C22H48N2/c1-2-3-4-5-6-7-8-9-10-11-12-13-14-15-16-17-18-19-20-21-22-24-23/h24H,2-23H2,1H3. The molecule has 0 aliphatic heterocycles. The summed E-state index contributed by atoms with van der Waals surface area (Å²) in [5, 5.41) is 0. The van der Waals surface area contributed by atoms with Crippen molar-refractivity contribution in [2.75, 3.05) is 6.54 Å². The molecule has 0 bridgehead atoms. The molecule has 2 nitrogen and oxygen atoms in total. The minimum atomic E-state index is 0.971. The molecule has 0 radical (unpaired) electrons. The number of rotatable bonds is 21. The van der Waals surface area contributed by atoms with Crippen LogP contribution >= 0.6 is 0 Å². The van der Waals surface area contributed by atoms with E-state index < -0.39 is 0 Å². The monoisotopic (exact) mass is 340 g/mol. The van der Waals surface area contributed by atoms with Crippen LogP contribution in [0.2, 0.25) is 0 Å². The second-order valence-corrected chi connectivity index (χ2v) is 7.67. The van der Waals surface area contributed by atoms with Gasteiger partial charge >= 0.3 is 0 Å². The average molecular weight is 341 g/mol. The third-order valence-corrected chi connectivity index (χ3v) is 5.17. The molecular weight excluding hydrogens is 292 g/mol. The van der Waals surface area contributed by atoms with Crippen molar-refractivity contribution in [1.29, 1.82) is 0 Å². The molecule has 0 rings (SSSR count). The van der Waals surface area contributed by atoms with Gasteiger partial charge in [0.25, 0.3) is 0 Å². The molecule has 0 aliphatic carbocycles. The highest BCUT2D eigenvalue weighted by atomic mass is 15.2. The number of hydrogen-bond donors (Lipinski definition) is 2. The molecule has 0 saturated carbocycles. The number of hydrogen-bond acceptors (Lipinski definition) is 2. The summed E-state index contributed by atoms with van der Waals surface area (Å²) in [4.78, 5) is 0. The lowest BCUT2D eigenvalue weighted by Crippen LogP contribution is -2.22. The lowest BCUT2D eigenvalue weighted by atomic mass is 10.0. The Bertz CT molecular complexity index is 184. The Morgan fingerprint density at radius 3 is 0.917 bits per heavy atom. The molecule has 0 unspecified atom stereocenters. The predicted molar refractivity (Wildman–Crippen MR) is 110 cm³/mol. The van der Waals surface area contributed by atoms with Gasteiger partial charge in [-0.2, -0.15) is 0 Å². The summed E-state index contributed by atoms with van der Waals surface area (Å²) in [5.74, 6) is 5.26. The molecule has 0 saturated heterocycles. The van der Waals surface area contributed by atoms with E-state index in [0.717, 1.165) is 6.54 Å². The largest absolute Gasteiger partial charge is 0.271 e. The van der Waals surface area contributed by atoms with Crippen molar-refractivity contribution in [2.24, 2.45) is 5.84 Å². The smallest absolute Gasteiger partial charge is 0.00974 e. The third-order valence-electron chi connectivity index (χ3n) is 5.17. The summed E-state index contributed by atoms with van der Waals surface area (Å²) in [5.41, 5.74) is 2.73. The first-order valence-electron chi connectivity index (χ1n) is 11.3. The van der Waals surface area contributed by atoms with Crippen LogP contribution in [0.1, 0.15) is 135 Å². The maximum absolute atomic E-state index is 5.26. The van der Waals surface area contributed by atoms with E-state index in [9.17, 15) is 0 Å². The van der Waals surface area contributed by atoms with Crippen LogP contribution in [0.15, 0.2) is 0 Å². The van der Waals surface area contributed by atoms with Gasteiger partial charge < -0.3 is 0 Å². The van der Waals surface area contributed by atoms with Crippen molar-refractivity contribution < 1.29 is 0 Å². The fraction of sp³-hybridized carbons (Fsp3) is 1.00. The molecule has 24 heavy (non-hydrogen) atoms. The van der Waals surface area contributed by atoms with E-state index in [-0.39, 0.29) is 0 Å². The minimum Gasteiger partial charge on any atom is -0.271 e. The Morgan fingerprint density at radius 1 is 0.417 bits per heavy atom. The summed E-state index contributed by atoms with van der Waals surface area (Å²) in [6.07, 6.45) is 28.7. The van der Waals surface area contributed by atoms with Crippen LogP contribution in [0.4, 0.5) is 0 Å². The fourth-order valence-corrected chi connectivity index (χ4v) is 3.48. The lowest BCUT2D eigenvalue weighted by molar-refractivity contribution is 0.520. The van der Waals surface area contributed by atoms with Gasteiger partial charge in [0.05, 0.1) is 0 Å². The topological polar surface area (TPSA) is 38.0 Å². The van der Waals surface area contributed by atoms with E-state index in [1.807, 2.05) is 0 Å². The molecule has 0 heterocycles. The molecule has 3 N–H and O–H groups in total. The van der Waals surface area contributed by atoms with Gasteiger partial charge in [-0.05, 0) is 6.42 Å². The summed E-state index contributed by atoms with van der Waals surface area (Å²) in [6.45, 7) is 3.27. The molecule has 0 aromatic heterocycles. The van der Waals surface area contributed by atoms with Gasteiger partial charge in [-0.3, -0.25) is 11.3 Å². The number of nitrogens with one attached hydrogen (secondary N) is 1. The maximum Gasteiger partial charge on any atom is 0.00974 e. The van der Waals surface area contributed by atoms with Crippen molar-refractivity contribution in [2.45, 2.75) is 135 Å². The summed E-state index contributed by atoms with van der Waals surface area (Å²) >= 11 is 0. The number of unbranched alkanes of at least 4 members (excludes halogenated alkanes) is 19. The predicted octanol–water partition coefficient (Wildman–Crippen LogP) is 7.27. The highest BCUT2D eigenvalue weighted by Crippen LogP contribution is 2.14. The Balaban J connectivity index is 2.93. The number of hydrazine groups is 1. The molecule has 0 aliphatic rings. The average Bonchev–Trinajstić information content (AvgIpc) is 2.60. The van der Waals surface area contributed by atoms with E-state index in [0.29, 0.717) is 0 Å². The van der Waals surface area contributed by atoms with E-state index in [1.165, 1.54) is 128 Å². The first kappa shape index (κ1) is 23.9. The Labute approximate surface area is 153 Å². The van der Waals surface area contributed by atoms with Gasteiger partial charge in [0.15, 0.2) is 0 Å². The fourth-order valence-electron chi connectivity index (χ4n) is 3.48. The molecule has 2 heteroatoms. The third kappa shape index (κ3) is 21.9. The van der Waals surface area contributed by atoms with Gasteiger partial charge in [0.2, 0.25) is 0 Å². The lowest BCUT2D eigenvalue weighted by Gasteiger charge is -2.04. The highest BCUT2D eigenvalue weighted by molar-refractivity contribution is 4.51. The zero-order chi connectivity index (χ0) is 17.6. The molecular formula is C22H48N2. The molecule has 0 atom stereocenters. The van der Waals surface area contributed by atoms with Crippen LogP contribution in [-0.4, -0.2) is 6.54 Å². The Kier molecular flexibility index (Phi) is 22.8. The normalized spacial score (nSPS) is 11.2. The van der Waals surface area contributed by atoms with Gasteiger partial charge in [0.1, 0.15) is 0 Å². The molecule has 0 spiro atoms. The zero-order valence-electron chi connectivity index (χ0n) is 16.9. The first-order chi connectivity index (χ1) is 11.9.